The molecule has 0 amide bonds. The third-order valence-corrected chi connectivity index (χ3v) is 7.44. The van der Waals surface area contributed by atoms with Crippen LogP contribution in [0.4, 0.5) is 0 Å². The Kier molecular flexibility index (Phi) is 4.56. The quantitative estimate of drug-likeness (QED) is 0.841. The van der Waals surface area contributed by atoms with Gasteiger partial charge in [0.15, 0.2) is 11.5 Å². The van der Waals surface area contributed by atoms with Crippen molar-refractivity contribution in [2.45, 2.75) is 38.5 Å². The van der Waals surface area contributed by atoms with Crippen molar-refractivity contribution < 1.29 is 12.8 Å². The molecule has 0 saturated carbocycles. The molecule has 25 heavy (non-hydrogen) atoms. The van der Waals surface area contributed by atoms with Gasteiger partial charge in [0.25, 0.3) is 10.2 Å². The molecule has 0 radical (unpaired) electrons. The molecule has 0 aliphatic carbocycles. The van der Waals surface area contributed by atoms with Gasteiger partial charge in [0.2, 0.25) is 0 Å². The summed E-state index contributed by atoms with van der Waals surface area (Å²) in [6.07, 6.45) is 3.64. The number of nitrogens with zero attached hydrogens (tertiary/aromatic N) is 3. The Hall–Kier alpha value is -1.44. The molecule has 2 aromatic rings. The SMILES string of the molecule is CC1CCN(S(=O)(=O)N2CCCC(c3nc4ccccc4o3)C2)CC1. The minimum atomic E-state index is -3.38. The van der Waals surface area contributed by atoms with Gasteiger partial charge < -0.3 is 4.42 Å². The molecule has 1 atom stereocenters. The van der Waals surface area contributed by atoms with E-state index >= 15 is 0 Å². The highest BCUT2D eigenvalue weighted by molar-refractivity contribution is 7.86. The number of benzene rings is 1. The predicted octanol–water partition coefficient (Wildman–Crippen LogP) is 2.98. The summed E-state index contributed by atoms with van der Waals surface area (Å²) in [7, 11) is -3.38. The van der Waals surface area contributed by atoms with E-state index in [1.165, 1.54) is 0 Å². The van der Waals surface area contributed by atoms with Gasteiger partial charge >= 0.3 is 0 Å². The molecule has 3 heterocycles. The summed E-state index contributed by atoms with van der Waals surface area (Å²) >= 11 is 0. The Morgan fingerprint density at radius 1 is 1.08 bits per heavy atom. The van der Waals surface area contributed by atoms with Crippen LogP contribution in [0.15, 0.2) is 28.7 Å². The third kappa shape index (κ3) is 3.32. The fourth-order valence-electron chi connectivity index (χ4n) is 3.80. The van der Waals surface area contributed by atoms with Crippen molar-refractivity contribution in [3.05, 3.63) is 30.2 Å². The third-order valence-electron chi connectivity index (χ3n) is 5.44. The van der Waals surface area contributed by atoms with E-state index in [0.29, 0.717) is 38.0 Å². The highest BCUT2D eigenvalue weighted by Crippen LogP contribution is 2.31. The van der Waals surface area contributed by atoms with Gasteiger partial charge in [-0.25, -0.2) is 4.98 Å². The number of hydrogen-bond acceptors (Lipinski definition) is 4. The number of aromatic nitrogens is 1. The van der Waals surface area contributed by atoms with Gasteiger partial charge in [-0.2, -0.15) is 17.0 Å². The van der Waals surface area contributed by atoms with Crippen molar-refractivity contribution in [3.63, 3.8) is 0 Å². The first-order valence-electron chi connectivity index (χ1n) is 9.15. The summed E-state index contributed by atoms with van der Waals surface area (Å²) in [5, 5.41) is 0. The number of hydrogen-bond donors (Lipinski definition) is 0. The molecule has 2 saturated heterocycles. The molecule has 2 aliphatic heterocycles. The number of fused-ring (bicyclic) bond motifs is 1. The molecule has 136 valence electrons. The summed E-state index contributed by atoms with van der Waals surface area (Å²) in [4.78, 5) is 4.57. The monoisotopic (exact) mass is 363 g/mol. The van der Waals surface area contributed by atoms with Crippen molar-refractivity contribution in [1.29, 1.82) is 0 Å². The van der Waals surface area contributed by atoms with E-state index in [-0.39, 0.29) is 5.92 Å². The largest absolute Gasteiger partial charge is 0.440 e. The molecule has 7 heteroatoms. The van der Waals surface area contributed by atoms with Crippen LogP contribution in [0.1, 0.15) is 44.4 Å². The van der Waals surface area contributed by atoms with Crippen LogP contribution >= 0.6 is 0 Å². The summed E-state index contributed by atoms with van der Waals surface area (Å²) in [6, 6.07) is 7.68. The Balaban J connectivity index is 1.52. The standard InChI is InChI=1S/C18H25N3O3S/c1-14-8-11-20(12-9-14)25(22,23)21-10-4-5-15(13-21)18-19-16-6-2-3-7-17(16)24-18/h2-3,6-7,14-15H,4-5,8-13H2,1H3. The lowest BCUT2D eigenvalue weighted by Gasteiger charge is -2.37. The molecular weight excluding hydrogens is 338 g/mol. The first-order chi connectivity index (χ1) is 12.0. The van der Waals surface area contributed by atoms with Gasteiger partial charge in [-0.15, -0.1) is 0 Å². The van der Waals surface area contributed by atoms with Gasteiger partial charge in [0.05, 0.1) is 0 Å². The maximum absolute atomic E-state index is 13.0. The van der Waals surface area contributed by atoms with Gasteiger partial charge in [-0.3, -0.25) is 0 Å². The predicted molar refractivity (Wildman–Crippen MR) is 96.4 cm³/mol. The summed E-state index contributed by atoms with van der Waals surface area (Å²) in [5.41, 5.74) is 1.60. The smallest absolute Gasteiger partial charge is 0.281 e. The maximum Gasteiger partial charge on any atom is 0.281 e. The van der Waals surface area contributed by atoms with Crippen molar-refractivity contribution >= 4 is 21.3 Å². The number of piperidine rings is 2. The molecule has 1 aromatic heterocycles. The Bertz CT molecular complexity index is 807. The summed E-state index contributed by atoms with van der Waals surface area (Å²) in [6.45, 7) is 4.50. The van der Waals surface area contributed by atoms with E-state index in [1.807, 2.05) is 24.3 Å². The van der Waals surface area contributed by atoms with Crippen LogP contribution in [0.5, 0.6) is 0 Å². The van der Waals surface area contributed by atoms with Crippen LogP contribution < -0.4 is 0 Å². The molecule has 1 aromatic carbocycles. The summed E-state index contributed by atoms with van der Waals surface area (Å²) < 4.78 is 35.2. The van der Waals surface area contributed by atoms with Crippen molar-refractivity contribution in [2.75, 3.05) is 26.2 Å². The van der Waals surface area contributed by atoms with E-state index < -0.39 is 10.2 Å². The van der Waals surface area contributed by atoms with E-state index in [9.17, 15) is 8.42 Å². The number of para-hydroxylation sites is 2. The molecule has 0 bridgehead atoms. The fourth-order valence-corrected chi connectivity index (χ4v) is 5.52. The van der Waals surface area contributed by atoms with Crippen LogP contribution in [-0.2, 0) is 10.2 Å². The van der Waals surface area contributed by atoms with Crippen LogP contribution in [0.3, 0.4) is 0 Å². The zero-order chi connectivity index (χ0) is 17.4. The average molecular weight is 363 g/mol. The molecule has 2 aliphatic rings. The van der Waals surface area contributed by atoms with Crippen LogP contribution in [0.25, 0.3) is 11.1 Å². The molecule has 2 fully saturated rings. The normalized spacial score (nSPS) is 24.8. The van der Waals surface area contributed by atoms with E-state index in [2.05, 4.69) is 11.9 Å². The molecule has 0 spiro atoms. The highest BCUT2D eigenvalue weighted by Gasteiger charge is 2.36. The number of oxazole rings is 1. The second-order valence-corrected chi connectivity index (χ2v) is 9.23. The Labute approximate surface area is 149 Å². The van der Waals surface area contributed by atoms with Crippen molar-refractivity contribution in [1.82, 2.24) is 13.6 Å². The fraction of sp³-hybridized carbons (Fsp3) is 0.611. The lowest BCUT2D eigenvalue weighted by molar-refractivity contribution is 0.238. The first-order valence-corrected chi connectivity index (χ1v) is 10.5. The topological polar surface area (TPSA) is 66.7 Å². The molecule has 1 unspecified atom stereocenters. The van der Waals surface area contributed by atoms with Crippen LogP contribution in [-0.4, -0.2) is 48.2 Å². The zero-order valence-corrected chi connectivity index (χ0v) is 15.4. The maximum atomic E-state index is 13.0. The van der Waals surface area contributed by atoms with Gasteiger partial charge in [0, 0.05) is 32.1 Å². The molecule has 4 rings (SSSR count). The zero-order valence-electron chi connectivity index (χ0n) is 14.6. The summed E-state index contributed by atoms with van der Waals surface area (Å²) in [5.74, 6) is 1.30. The second kappa shape index (κ2) is 6.70. The highest BCUT2D eigenvalue weighted by atomic mass is 32.2. The van der Waals surface area contributed by atoms with E-state index in [0.717, 1.165) is 36.8 Å². The Morgan fingerprint density at radius 3 is 2.60 bits per heavy atom. The van der Waals surface area contributed by atoms with Crippen LogP contribution in [0, 0.1) is 5.92 Å². The minimum absolute atomic E-state index is 0.0274. The van der Waals surface area contributed by atoms with Gasteiger partial charge in [-0.05, 0) is 43.7 Å². The lowest BCUT2D eigenvalue weighted by atomic mass is 10.00. The van der Waals surface area contributed by atoms with Crippen molar-refractivity contribution in [3.8, 4) is 0 Å². The molecule has 0 N–H and O–H groups in total. The van der Waals surface area contributed by atoms with Gasteiger partial charge in [0.1, 0.15) is 5.52 Å². The first kappa shape index (κ1) is 17.0. The second-order valence-electron chi connectivity index (χ2n) is 7.31. The Morgan fingerprint density at radius 2 is 1.84 bits per heavy atom. The average Bonchev–Trinajstić information content (AvgIpc) is 3.06. The van der Waals surface area contributed by atoms with Crippen LogP contribution in [0.2, 0.25) is 0 Å². The lowest BCUT2D eigenvalue weighted by Crippen LogP contribution is -2.49. The number of rotatable bonds is 3. The van der Waals surface area contributed by atoms with E-state index in [4.69, 9.17) is 4.42 Å². The molecular formula is C18H25N3O3S. The van der Waals surface area contributed by atoms with Crippen molar-refractivity contribution in [2.24, 2.45) is 5.92 Å². The van der Waals surface area contributed by atoms with Gasteiger partial charge in [-0.1, -0.05) is 19.1 Å². The van der Waals surface area contributed by atoms with E-state index in [1.54, 1.807) is 8.61 Å². The minimum Gasteiger partial charge on any atom is -0.440 e. The molecule has 6 nitrogen and oxygen atoms in total.